The predicted molar refractivity (Wildman–Crippen MR) is 94.9 cm³/mol. The van der Waals surface area contributed by atoms with Gasteiger partial charge in [-0.15, -0.1) is 0 Å². The number of urea groups is 1. The van der Waals surface area contributed by atoms with Crippen molar-refractivity contribution in [2.75, 3.05) is 13.7 Å². The summed E-state index contributed by atoms with van der Waals surface area (Å²) >= 11 is 0. The first-order valence-electron chi connectivity index (χ1n) is 8.11. The predicted octanol–water partition coefficient (Wildman–Crippen LogP) is 3.01. The Bertz CT molecular complexity index is 629. The van der Waals surface area contributed by atoms with E-state index >= 15 is 0 Å². The van der Waals surface area contributed by atoms with Crippen molar-refractivity contribution in [1.82, 2.24) is 15.6 Å². The van der Waals surface area contributed by atoms with Crippen LogP contribution in [0.4, 0.5) is 4.79 Å². The van der Waals surface area contributed by atoms with E-state index in [4.69, 9.17) is 4.74 Å². The molecule has 0 radical (unpaired) electrons. The largest absolute Gasteiger partial charge is 0.383 e. The lowest BCUT2D eigenvalue weighted by molar-refractivity contribution is 0.170. The highest BCUT2D eigenvalue weighted by molar-refractivity contribution is 5.74. The zero-order chi connectivity index (χ0) is 17.4. The molecule has 5 nitrogen and oxygen atoms in total. The zero-order valence-corrected chi connectivity index (χ0v) is 14.5. The number of hydrogen-bond acceptors (Lipinski definition) is 3. The van der Waals surface area contributed by atoms with Crippen molar-refractivity contribution in [1.29, 1.82) is 0 Å². The number of methoxy groups -OCH3 is 1. The Kier molecular flexibility index (Phi) is 6.75. The quantitative estimate of drug-likeness (QED) is 0.822. The van der Waals surface area contributed by atoms with Gasteiger partial charge in [-0.3, -0.25) is 4.98 Å². The monoisotopic (exact) mass is 327 g/mol. The molecule has 1 heterocycles. The van der Waals surface area contributed by atoms with Crippen LogP contribution in [0.3, 0.4) is 0 Å². The third kappa shape index (κ3) is 5.66. The molecule has 2 aromatic rings. The van der Waals surface area contributed by atoms with Crippen molar-refractivity contribution >= 4 is 6.03 Å². The first-order valence-corrected chi connectivity index (χ1v) is 8.11. The SMILES string of the molecule is COC[C@@H](C)NC(=O)N[C@@H](Cc1ccc(C)cc1)c1ccccn1. The van der Waals surface area contributed by atoms with Crippen molar-refractivity contribution in [2.24, 2.45) is 0 Å². The van der Waals surface area contributed by atoms with Crippen molar-refractivity contribution in [2.45, 2.75) is 32.4 Å². The minimum atomic E-state index is -0.220. The van der Waals surface area contributed by atoms with Crippen molar-refractivity contribution in [3.05, 3.63) is 65.5 Å². The van der Waals surface area contributed by atoms with Crippen molar-refractivity contribution in [3.63, 3.8) is 0 Å². The number of nitrogens with zero attached hydrogens (tertiary/aromatic N) is 1. The molecular formula is C19H25N3O2. The van der Waals surface area contributed by atoms with E-state index in [1.54, 1.807) is 13.3 Å². The maximum atomic E-state index is 12.3. The van der Waals surface area contributed by atoms with E-state index in [2.05, 4.69) is 46.8 Å². The molecular weight excluding hydrogens is 302 g/mol. The smallest absolute Gasteiger partial charge is 0.315 e. The molecule has 24 heavy (non-hydrogen) atoms. The standard InChI is InChI=1S/C19H25N3O2/c1-14-7-9-16(10-8-14)12-18(17-6-4-5-11-20-17)22-19(23)21-15(2)13-24-3/h4-11,15,18H,12-13H2,1-3H3,(H2,21,22,23)/t15-,18+/m1/s1. The van der Waals surface area contributed by atoms with Gasteiger partial charge in [-0.1, -0.05) is 35.9 Å². The number of amides is 2. The number of pyridine rings is 1. The Morgan fingerprint density at radius 1 is 1.17 bits per heavy atom. The highest BCUT2D eigenvalue weighted by Crippen LogP contribution is 2.17. The summed E-state index contributed by atoms with van der Waals surface area (Å²) in [4.78, 5) is 16.6. The molecule has 0 aliphatic rings. The van der Waals surface area contributed by atoms with E-state index < -0.39 is 0 Å². The van der Waals surface area contributed by atoms with Crippen molar-refractivity contribution < 1.29 is 9.53 Å². The number of nitrogens with one attached hydrogen (secondary N) is 2. The topological polar surface area (TPSA) is 63.2 Å². The maximum Gasteiger partial charge on any atom is 0.315 e. The molecule has 0 aliphatic carbocycles. The average Bonchev–Trinajstić information content (AvgIpc) is 2.57. The Morgan fingerprint density at radius 3 is 2.54 bits per heavy atom. The average molecular weight is 327 g/mol. The number of rotatable bonds is 7. The molecule has 1 aromatic heterocycles. The van der Waals surface area contributed by atoms with Crippen LogP contribution >= 0.6 is 0 Å². The third-order valence-electron chi connectivity index (χ3n) is 3.70. The van der Waals surface area contributed by atoms with Crippen LogP contribution in [0.5, 0.6) is 0 Å². The van der Waals surface area contributed by atoms with Crippen LogP contribution in [0.1, 0.15) is 29.8 Å². The van der Waals surface area contributed by atoms with Crippen molar-refractivity contribution in [3.8, 4) is 0 Å². The Balaban J connectivity index is 2.08. The van der Waals surface area contributed by atoms with Gasteiger partial charge in [0.25, 0.3) is 0 Å². The normalized spacial score (nSPS) is 13.1. The summed E-state index contributed by atoms with van der Waals surface area (Å²) < 4.78 is 5.05. The number of benzene rings is 1. The van der Waals surface area contributed by atoms with E-state index in [-0.39, 0.29) is 18.1 Å². The second kappa shape index (κ2) is 9.03. The molecule has 0 unspecified atom stereocenters. The Hall–Kier alpha value is -2.40. The number of carbonyl (C=O) groups is 1. The number of aromatic nitrogens is 1. The lowest BCUT2D eigenvalue weighted by atomic mass is 10.0. The summed E-state index contributed by atoms with van der Waals surface area (Å²) in [5.74, 6) is 0. The van der Waals surface area contributed by atoms with Gasteiger partial charge in [0.2, 0.25) is 0 Å². The number of aryl methyl sites for hydroxylation is 1. The lowest BCUT2D eigenvalue weighted by Gasteiger charge is -2.21. The van der Waals surface area contributed by atoms with Gasteiger partial charge in [0.05, 0.1) is 24.4 Å². The molecule has 0 spiro atoms. The molecule has 0 bridgehead atoms. The highest BCUT2D eigenvalue weighted by Gasteiger charge is 2.17. The molecule has 0 fully saturated rings. The summed E-state index contributed by atoms with van der Waals surface area (Å²) in [5, 5.41) is 5.89. The van der Waals surface area contributed by atoms with Crippen LogP contribution in [-0.2, 0) is 11.2 Å². The Labute approximate surface area is 143 Å². The maximum absolute atomic E-state index is 12.3. The molecule has 128 valence electrons. The molecule has 0 saturated carbocycles. The van der Waals surface area contributed by atoms with Crippen LogP contribution in [0.15, 0.2) is 48.7 Å². The number of carbonyl (C=O) groups excluding carboxylic acids is 1. The second-order valence-electron chi connectivity index (χ2n) is 5.97. The second-order valence-corrected chi connectivity index (χ2v) is 5.97. The molecule has 2 N–H and O–H groups in total. The zero-order valence-electron chi connectivity index (χ0n) is 14.5. The number of hydrogen-bond donors (Lipinski definition) is 2. The van der Waals surface area contributed by atoms with E-state index in [1.807, 2.05) is 25.1 Å². The van der Waals surface area contributed by atoms with Crippen LogP contribution in [0.2, 0.25) is 0 Å². The Morgan fingerprint density at radius 2 is 1.92 bits per heavy atom. The minimum absolute atomic E-state index is 0.0567. The summed E-state index contributed by atoms with van der Waals surface area (Å²) in [6, 6.07) is 13.6. The summed E-state index contributed by atoms with van der Waals surface area (Å²) in [7, 11) is 1.62. The van der Waals surface area contributed by atoms with Crippen LogP contribution in [0, 0.1) is 6.92 Å². The van der Waals surface area contributed by atoms with Gasteiger partial charge < -0.3 is 15.4 Å². The van der Waals surface area contributed by atoms with Gasteiger partial charge in [0.15, 0.2) is 0 Å². The van der Waals surface area contributed by atoms with Crippen LogP contribution in [0.25, 0.3) is 0 Å². The molecule has 0 saturated heterocycles. The fourth-order valence-corrected chi connectivity index (χ4v) is 2.49. The third-order valence-corrected chi connectivity index (χ3v) is 3.70. The highest BCUT2D eigenvalue weighted by atomic mass is 16.5. The molecule has 5 heteroatoms. The molecule has 1 aromatic carbocycles. The fraction of sp³-hybridized carbons (Fsp3) is 0.368. The van der Waals surface area contributed by atoms with Gasteiger partial charge in [-0.2, -0.15) is 0 Å². The molecule has 0 aliphatic heterocycles. The molecule has 2 atom stereocenters. The van der Waals surface area contributed by atoms with E-state index in [1.165, 1.54) is 5.56 Å². The first-order chi connectivity index (χ1) is 11.6. The van der Waals surface area contributed by atoms with E-state index in [0.717, 1.165) is 11.3 Å². The van der Waals surface area contributed by atoms with Gasteiger partial charge >= 0.3 is 6.03 Å². The summed E-state index contributed by atoms with van der Waals surface area (Å²) in [5.41, 5.74) is 3.21. The van der Waals surface area contributed by atoms with Gasteiger partial charge in [-0.05, 0) is 38.0 Å². The molecule has 2 rings (SSSR count). The van der Waals surface area contributed by atoms with E-state index in [9.17, 15) is 4.79 Å². The number of ether oxygens (including phenoxy) is 1. The van der Waals surface area contributed by atoms with Crippen LogP contribution in [-0.4, -0.2) is 30.8 Å². The first kappa shape index (κ1) is 17.9. The van der Waals surface area contributed by atoms with Gasteiger partial charge in [0, 0.05) is 13.3 Å². The lowest BCUT2D eigenvalue weighted by Crippen LogP contribution is -2.44. The summed E-state index contributed by atoms with van der Waals surface area (Å²) in [6.45, 7) is 4.43. The van der Waals surface area contributed by atoms with Gasteiger partial charge in [0.1, 0.15) is 0 Å². The van der Waals surface area contributed by atoms with Gasteiger partial charge in [-0.25, -0.2) is 4.79 Å². The summed E-state index contributed by atoms with van der Waals surface area (Å²) in [6.07, 6.45) is 2.42. The minimum Gasteiger partial charge on any atom is -0.383 e. The molecule has 2 amide bonds. The fourth-order valence-electron chi connectivity index (χ4n) is 2.49. The van der Waals surface area contributed by atoms with Crippen LogP contribution < -0.4 is 10.6 Å². The van der Waals surface area contributed by atoms with E-state index in [0.29, 0.717) is 13.0 Å².